The van der Waals surface area contributed by atoms with Gasteiger partial charge in [-0.25, -0.2) is 4.57 Å². The summed E-state index contributed by atoms with van der Waals surface area (Å²) in [6.45, 7) is 4.25. The maximum Gasteiger partial charge on any atom is 0.327 e. The predicted octanol–water partition coefficient (Wildman–Crippen LogP) is 1.91. The number of hydrogen-bond donors (Lipinski definition) is 0. The molecule has 0 aromatic carbocycles. The molecule has 0 saturated heterocycles. The molecule has 0 rings (SSSR count). The number of ether oxygens (including phenoxy) is 1. The van der Waals surface area contributed by atoms with E-state index in [-0.39, 0.29) is 20.8 Å². The van der Waals surface area contributed by atoms with Gasteiger partial charge in [0.15, 0.2) is 0 Å². The molecular weight excluding hydrogens is 174 g/mol. The van der Waals surface area contributed by atoms with Gasteiger partial charge in [-0.1, -0.05) is 13.8 Å². The first kappa shape index (κ1) is 12.1. The van der Waals surface area contributed by atoms with Gasteiger partial charge >= 0.3 is 8.69 Å². The third-order valence-electron chi connectivity index (χ3n) is 1.54. The zero-order valence-corrected chi connectivity index (χ0v) is 8.42. The van der Waals surface area contributed by atoms with E-state index >= 15 is 0 Å². The standard InChI is InChI=1S/C7H14BO3P/c1-3-6(5-10-12-9)11-7(8)4-2/h6-7H,3-5H2,1-2H3. The lowest BCUT2D eigenvalue weighted by molar-refractivity contribution is 0.00137. The highest BCUT2D eigenvalue weighted by Gasteiger charge is 2.09. The lowest BCUT2D eigenvalue weighted by atomic mass is 9.97. The molecule has 0 fully saturated rings. The molecule has 68 valence electrons. The second-order valence-electron chi connectivity index (χ2n) is 2.48. The van der Waals surface area contributed by atoms with E-state index in [0.29, 0.717) is 6.61 Å². The minimum atomic E-state index is -0.305. The molecule has 5 heteroatoms. The molecule has 0 aliphatic rings. The summed E-state index contributed by atoms with van der Waals surface area (Å²) in [5.41, 5.74) is 0. The summed E-state index contributed by atoms with van der Waals surface area (Å²) in [6.07, 6.45) is 1.52. The molecule has 2 atom stereocenters. The van der Waals surface area contributed by atoms with E-state index in [1.54, 1.807) is 0 Å². The van der Waals surface area contributed by atoms with Crippen molar-refractivity contribution in [3.8, 4) is 0 Å². The molecule has 2 unspecified atom stereocenters. The summed E-state index contributed by atoms with van der Waals surface area (Å²) >= 11 is 0. The van der Waals surface area contributed by atoms with Crippen LogP contribution in [-0.2, 0) is 13.8 Å². The molecule has 2 radical (unpaired) electrons. The van der Waals surface area contributed by atoms with Crippen LogP contribution in [0.5, 0.6) is 0 Å². The fraction of sp³-hybridized carbons (Fsp3) is 1.00. The second kappa shape index (κ2) is 7.72. The number of hydrogen-bond acceptors (Lipinski definition) is 3. The zero-order valence-electron chi connectivity index (χ0n) is 7.53. The van der Waals surface area contributed by atoms with Crippen molar-refractivity contribution < 1.29 is 13.8 Å². The van der Waals surface area contributed by atoms with Gasteiger partial charge in [-0.15, -0.1) is 0 Å². The van der Waals surface area contributed by atoms with Crippen molar-refractivity contribution >= 4 is 16.5 Å². The van der Waals surface area contributed by atoms with Gasteiger partial charge in [0.2, 0.25) is 0 Å². The Balaban J connectivity index is 3.58. The summed E-state index contributed by atoms with van der Waals surface area (Å²) in [6, 6.07) is -0.248. The fourth-order valence-corrected chi connectivity index (χ4v) is 0.937. The van der Waals surface area contributed by atoms with Crippen molar-refractivity contribution in [2.24, 2.45) is 0 Å². The molecule has 12 heavy (non-hydrogen) atoms. The van der Waals surface area contributed by atoms with E-state index in [0.717, 1.165) is 12.8 Å². The Kier molecular flexibility index (Phi) is 7.77. The molecule has 0 saturated carbocycles. The predicted molar refractivity (Wildman–Crippen MR) is 48.6 cm³/mol. The van der Waals surface area contributed by atoms with Gasteiger partial charge in [-0.3, -0.25) is 4.52 Å². The van der Waals surface area contributed by atoms with E-state index in [2.05, 4.69) is 4.52 Å². The van der Waals surface area contributed by atoms with Crippen LogP contribution in [0.4, 0.5) is 0 Å². The van der Waals surface area contributed by atoms with E-state index in [1.807, 2.05) is 13.8 Å². The van der Waals surface area contributed by atoms with Crippen LogP contribution in [0.15, 0.2) is 0 Å². The van der Waals surface area contributed by atoms with Gasteiger partial charge in [0.1, 0.15) is 7.85 Å². The fourth-order valence-electron chi connectivity index (χ4n) is 0.710. The Hall–Kier alpha value is 0.0849. The Morgan fingerprint density at radius 1 is 1.42 bits per heavy atom. The van der Waals surface area contributed by atoms with E-state index < -0.39 is 0 Å². The van der Waals surface area contributed by atoms with Gasteiger partial charge in [-0.05, 0) is 12.8 Å². The summed E-state index contributed by atoms with van der Waals surface area (Å²) in [4.78, 5) is 0. The molecule has 0 bridgehead atoms. The van der Waals surface area contributed by atoms with Crippen molar-refractivity contribution in [3.63, 3.8) is 0 Å². The lowest BCUT2D eigenvalue weighted by Gasteiger charge is -2.19. The number of rotatable bonds is 7. The molecule has 0 heterocycles. The van der Waals surface area contributed by atoms with Gasteiger partial charge in [-0.2, -0.15) is 0 Å². The maximum absolute atomic E-state index is 9.97. The molecule has 0 N–H and O–H groups in total. The van der Waals surface area contributed by atoms with Crippen LogP contribution >= 0.6 is 8.69 Å². The average Bonchev–Trinajstić information content (AvgIpc) is 2.11. The third kappa shape index (κ3) is 5.70. The first-order valence-corrected chi connectivity index (χ1v) is 4.83. The van der Waals surface area contributed by atoms with Gasteiger partial charge in [0, 0.05) is 6.00 Å². The van der Waals surface area contributed by atoms with Crippen molar-refractivity contribution in [2.75, 3.05) is 6.61 Å². The van der Waals surface area contributed by atoms with E-state index in [4.69, 9.17) is 12.6 Å². The first-order chi connectivity index (χ1) is 5.74. The van der Waals surface area contributed by atoms with E-state index in [9.17, 15) is 4.57 Å². The molecule has 0 amide bonds. The molecule has 0 aromatic heterocycles. The highest BCUT2D eigenvalue weighted by molar-refractivity contribution is 7.17. The molecule has 0 spiro atoms. The lowest BCUT2D eigenvalue weighted by Crippen LogP contribution is -2.24. The smallest absolute Gasteiger partial charge is 0.327 e. The summed E-state index contributed by atoms with van der Waals surface area (Å²) in [5.74, 6) is 0. The van der Waals surface area contributed by atoms with Crippen molar-refractivity contribution in [1.29, 1.82) is 0 Å². The quantitative estimate of drug-likeness (QED) is 0.452. The van der Waals surface area contributed by atoms with Crippen molar-refractivity contribution in [2.45, 2.75) is 38.8 Å². The Morgan fingerprint density at radius 2 is 2.08 bits per heavy atom. The summed E-state index contributed by atoms with van der Waals surface area (Å²) < 4.78 is 20.0. The zero-order chi connectivity index (χ0) is 9.40. The largest absolute Gasteiger partial charge is 0.382 e. The van der Waals surface area contributed by atoms with Crippen LogP contribution in [0, 0.1) is 0 Å². The normalized spacial score (nSPS) is 16.2. The monoisotopic (exact) mass is 188 g/mol. The second-order valence-corrected chi connectivity index (χ2v) is 2.89. The van der Waals surface area contributed by atoms with Gasteiger partial charge in [0.05, 0.1) is 12.7 Å². The SMILES string of the molecule is [B]C(CC)OC(CC)COP=O. The molecule has 0 aliphatic carbocycles. The van der Waals surface area contributed by atoms with Crippen LogP contribution < -0.4 is 0 Å². The van der Waals surface area contributed by atoms with Crippen LogP contribution in [0.2, 0.25) is 0 Å². The van der Waals surface area contributed by atoms with Crippen molar-refractivity contribution in [3.05, 3.63) is 0 Å². The Bertz CT molecular complexity index is 123. The minimum absolute atomic E-state index is 0.0543. The summed E-state index contributed by atoms with van der Waals surface area (Å²) in [7, 11) is 5.26. The first-order valence-electron chi connectivity index (χ1n) is 4.10. The Labute approximate surface area is 76.5 Å². The van der Waals surface area contributed by atoms with Crippen molar-refractivity contribution in [1.82, 2.24) is 0 Å². The molecule has 0 aliphatic heterocycles. The maximum atomic E-state index is 9.97. The van der Waals surface area contributed by atoms with E-state index in [1.165, 1.54) is 0 Å². The van der Waals surface area contributed by atoms with Crippen LogP contribution in [0.1, 0.15) is 26.7 Å². The topological polar surface area (TPSA) is 35.5 Å². The summed E-state index contributed by atoms with van der Waals surface area (Å²) in [5, 5.41) is 0. The van der Waals surface area contributed by atoms with Gasteiger partial charge in [0.25, 0.3) is 0 Å². The van der Waals surface area contributed by atoms with Crippen LogP contribution in [0.25, 0.3) is 0 Å². The van der Waals surface area contributed by atoms with Crippen LogP contribution in [-0.4, -0.2) is 26.6 Å². The van der Waals surface area contributed by atoms with Crippen LogP contribution in [0.3, 0.4) is 0 Å². The Morgan fingerprint density at radius 3 is 2.50 bits per heavy atom. The molecule has 0 aromatic rings. The van der Waals surface area contributed by atoms with Gasteiger partial charge < -0.3 is 4.74 Å². The highest BCUT2D eigenvalue weighted by atomic mass is 31.1. The highest BCUT2D eigenvalue weighted by Crippen LogP contribution is 2.07. The average molecular weight is 188 g/mol. The molecule has 3 nitrogen and oxygen atoms in total. The third-order valence-corrected chi connectivity index (χ3v) is 1.79. The molecular formula is C7H14BO3P. The minimum Gasteiger partial charge on any atom is -0.382 e.